The summed E-state index contributed by atoms with van der Waals surface area (Å²) in [7, 11) is 0. The Hall–Kier alpha value is -2.73. The summed E-state index contributed by atoms with van der Waals surface area (Å²) in [4.78, 5) is 21.0. The van der Waals surface area contributed by atoms with E-state index >= 15 is 0 Å². The third kappa shape index (κ3) is 4.26. The first-order valence-corrected chi connectivity index (χ1v) is 8.04. The molecule has 0 aliphatic carbocycles. The molecular formula is C19H19ClFN3O2. The van der Waals surface area contributed by atoms with Gasteiger partial charge in [0.2, 0.25) is 0 Å². The number of esters is 1. The average Bonchev–Trinajstić information content (AvgIpc) is 2.59. The van der Waals surface area contributed by atoms with Crippen molar-refractivity contribution in [3.63, 3.8) is 0 Å². The van der Waals surface area contributed by atoms with Crippen LogP contribution in [0.5, 0.6) is 0 Å². The molecule has 0 aliphatic heterocycles. The van der Waals surface area contributed by atoms with Gasteiger partial charge in [-0.3, -0.25) is 0 Å². The number of hydrogen-bond acceptors (Lipinski definition) is 5. The highest BCUT2D eigenvalue weighted by Gasteiger charge is 2.18. The van der Waals surface area contributed by atoms with Crippen LogP contribution in [0.2, 0.25) is 0 Å². The number of nitrogens with zero attached hydrogens (tertiary/aromatic N) is 2. The Bertz CT molecular complexity index is 934. The van der Waals surface area contributed by atoms with Gasteiger partial charge in [0.1, 0.15) is 11.4 Å². The second-order valence-electron chi connectivity index (χ2n) is 5.64. The molecule has 0 fully saturated rings. The maximum absolute atomic E-state index is 13.5. The molecule has 0 radical (unpaired) electrons. The van der Waals surface area contributed by atoms with Gasteiger partial charge in [0.25, 0.3) is 0 Å². The minimum atomic E-state index is -0.476. The lowest BCUT2D eigenvalue weighted by molar-refractivity contribution is 0.0506. The summed E-state index contributed by atoms with van der Waals surface area (Å²) in [6, 6.07) is 9.70. The fourth-order valence-corrected chi connectivity index (χ4v) is 2.44. The molecule has 0 bridgehead atoms. The minimum Gasteiger partial charge on any atom is -0.462 e. The summed E-state index contributed by atoms with van der Waals surface area (Å²) in [6.45, 7) is 4.11. The Balaban J connectivity index is 0.00000243. The molecular weight excluding hydrogens is 357 g/mol. The normalized spacial score (nSPS) is 10.3. The Morgan fingerprint density at radius 2 is 2.08 bits per heavy atom. The maximum atomic E-state index is 13.5. The van der Waals surface area contributed by atoms with E-state index in [1.54, 1.807) is 12.1 Å². The third-order valence-electron chi connectivity index (χ3n) is 3.62. The monoisotopic (exact) mass is 375 g/mol. The van der Waals surface area contributed by atoms with Crippen LogP contribution in [0.3, 0.4) is 0 Å². The van der Waals surface area contributed by atoms with Crippen LogP contribution >= 0.6 is 12.4 Å². The summed E-state index contributed by atoms with van der Waals surface area (Å²) < 4.78 is 18.7. The SMILES string of the molecule is CCCOC(=O)c1cnc2nc(C)ccc2c1Nc1cccc(F)c1.Cl. The fourth-order valence-electron chi connectivity index (χ4n) is 2.44. The van der Waals surface area contributed by atoms with Crippen molar-refractivity contribution in [3.05, 3.63) is 59.7 Å². The first-order valence-electron chi connectivity index (χ1n) is 8.04. The van der Waals surface area contributed by atoms with Gasteiger partial charge >= 0.3 is 5.97 Å². The zero-order chi connectivity index (χ0) is 17.8. The molecule has 1 aromatic carbocycles. The number of pyridine rings is 2. The standard InChI is InChI=1S/C19H18FN3O2.ClH/c1-3-9-25-19(24)16-11-21-18-15(8-7-12(2)22-18)17(16)23-14-6-4-5-13(20)10-14;/h4-8,10-11H,3,9H2,1-2H3,(H,21,22,23);1H. The number of carbonyl (C=O) groups excluding carboxylic acids is 1. The first-order chi connectivity index (χ1) is 12.1. The predicted octanol–water partition coefficient (Wildman–Crippen LogP) is 4.81. The molecule has 0 saturated heterocycles. The van der Waals surface area contributed by atoms with Crippen molar-refractivity contribution < 1.29 is 13.9 Å². The molecule has 3 aromatic rings. The van der Waals surface area contributed by atoms with Gasteiger partial charge in [0.05, 0.1) is 12.3 Å². The highest BCUT2D eigenvalue weighted by molar-refractivity contribution is 6.05. The number of halogens is 2. The topological polar surface area (TPSA) is 64.1 Å². The second-order valence-corrected chi connectivity index (χ2v) is 5.64. The predicted molar refractivity (Wildman–Crippen MR) is 102 cm³/mol. The van der Waals surface area contributed by atoms with E-state index in [4.69, 9.17) is 4.74 Å². The van der Waals surface area contributed by atoms with Crippen LogP contribution in [0.15, 0.2) is 42.6 Å². The molecule has 3 rings (SSSR count). The highest BCUT2D eigenvalue weighted by atomic mass is 35.5. The maximum Gasteiger partial charge on any atom is 0.341 e. The zero-order valence-corrected chi connectivity index (χ0v) is 15.3. The van der Waals surface area contributed by atoms with E-state index in [1.807, 2.05) is 26.0 Å². The number of fused-ring (bicyclic) bond motifs is 1. The summed E-state index contributed by atoms with van der Waals surface area (Å²) in [6.07, 6.45) is 2.16. The lowest BCUT2D eigenvalue weighted by atomic mass is 10.1. The molecule has 1 N–H and O–H groups in total. The highest BCUT2D eigenvalue weighted by Crippen LogP contribution is 2.29. The van der Waals surface area contributed by atoms with E-state index in [-0.39, 0.29) is 23.8 Å². The molecule has 0 aliphatic rings. The summed E-state index contributed by atoms with van der Waals surface area (Å²) in [5.74, 6) is -0.844. The number of aryl methyl sites for hydroxylation is 1. The summed E-state index contributed by atoms with van der Waals surface area (Å²) >= 11 is 0. The van der Waals surface area contributed by atoms with Crippen LogP contribution in [-0.2, 0) is 4.74 Å². The van der Waals surface area contributed by atoms with Gasteiger partial charge in [0, 0.05) is 23.0 Å². The number of aromatic nitrogens is 2. The lowest BCUT2D eigenvalue weighted by Gasteiger charge is -2.14. The molecule has 2 heterocycles. The van der Waals surface area contributed by atoms with E-state index in [9.17, 15) is 9.18 Å². The van der Waals surface area contributed by atoms with Crippen molar-refractivity contribution in [2.24, 2.45) is 0 Å². The summed E-state index contributed by atoms with van der Waals surface area (Å²) in [5, 5.41) is 3.78. The number of nitrogens with one attached hydrogen (secondary N) is 1. The molecule has 0 spiro atoms. The van der Waals surface area contributed by atoms with Crippen LogP contribution in [0.1, 0.15) is 29.4 Å². The molecule has 7 heteroatoms. The Kier molecular flexibility index (Phi) is 6.46. The first kappa shape index (κ1) is 19.6. The molecule has 2 aromatic heterocycles. The van der Waals surface area contributed by atoms with Crippen LogP contribution in [0, 0.1) is 12.7 Å². The number of hydrogen-bond donors (Lipinski definition) is 1. The van der Waals surface area contributed by atoms with Gasteiger partial charge in [-0.05, 0) is 43.7 Å². The van der Waals surface area contributed by atoms with Crippen LogP contribution < -0.4 is 5.32 Å². The number of ether oxygens (including phenoxy) is 1. The molecule has 0 saturated carbocycles. The van der Waals surface area contributed by atoms with Crippen molar-refractivity contribution in [2.75, 3.05) is 11.9 Å². The lowest BCUT2D eigenvalue weighted by Crippen LogP contribution is -2.10. The van der Waals surface area contributed by atoms with Gasteiger partial charge in [0.15, 0.2) is 5.65 Å². The number of anilines is 2. The van der Waals surface area contributed by atoms with Crippen molar-refractivity contribution in [1.29, 1.82) is 0 Å². The van der Waals surface area contributed by atoms with Gasteiger partial charge in [-0.15, -0.1) is 12.4 Å². The molecule has 0 amide bonds. The van der Waals surface area contributed by atoms with Crippen LogP contribution in [-0.4, -0.2) is 22.5 Å². The largest absolute Gasteiger partial charge is 0.462 e. The molecule has 0 unspecified atom stereocenters. The van der Waals surface area contributed by atoms with Gasteiger partial charge in [-0.25, -0.2) is 19.2 Å². The van der Waals surface area contributed by atoms with Crippen molar-refractivity contribution in [3.8, 4) is 0 Å². The molecule has 136 valence electrons. The molecule has 5 nitrogen and oxygen atoms in total. The zero-order valence-electron chi connectivity index (χ0n) is 14.5. The minimum absolute atomic E-state index is 0. The van der Waals surface area contributed by atoms with Gasteiger partial charge in [-0.1, -0.05) is 13.0 Å². The van der Waals surface area contributed by atoms with E-state index in [1.165, 1.54) is 18.3 Å². The van der Waals surface area contributed by atoms with Gasteiger partial charge < -0.3 is 10.1 Å². The molecule has 0 atom stereocenters. The van der Waals surface area contributed by atoms with E-state index < -0.39 is 5.97 Å². The molecule has 26 heavy (non-hydrogen) atoms. The average molecular weight is 376 g/mol. The van der Waals surface area contributed by atoms with Crippen LogP contribution in [0.25, 0.3) is 11.0 Å². The number of benzene rings is 1. The Morgan fingerprint density at radius 1 is 1.27 bits per heavy atom. The number of carbonyl (C=O) groups is 1. The summed E-state index contributed by atoms with van der Waals surface area (Å²) in [5.41, 5.74) is 2.64. The van der Waals surface area contributed by atoms with E-state index in [0.29, 0.717) is 29.0 Å². The smallest absolute Gasteiger partial charge is 0.341 e. The van der Waals surface area contributed by atoms with Crippen molar-refractivity contribution in [1.82, 2.24) is 9.97 Å². The third-order valence-corrected chi connectivity index (χ3v) is 3.62. The quantitative estimate of drug-likeness (QED) is 0.648. The fraction of sp³-hybridized carbons (Fsp3) is 0.211. The number of rotatable bonds is 5. The Labute approximate surface area is 157 Å². The van der Waals surface area contributed by atoms with Crippen molar-refractivity contribution >= 4 is 40.8 Å². The van der Waals surface area contributed by atoms with E-state index in [0.717, 1.165) is 12.1 Å². The van der Waals surface area contributed by atoms with Crippen LogP contribution in [0.4, 0.5) is 15.8 Å². The van der Waals surface area contributed by atoms with Crippen molar-refractivity contribution in [2.45, 2.75) is 20.3 Å². The Morgan fingerprint density at radius 3 is 2.81 bits per heavy atom. The van der Waals surface area contributed by atoms with E-state index in [2.05, 4.69) is 15.3 Å². The van der Waals surface area contributed by atoms with Gasteiger partial charge in [-0.2, -0.15) is 0 Å². The second kappa shape index (κ2) is 8.58.